The van der Waals surface area contributed by atoms with Crippen LogP contribution in [0.15, 0.2) is 53.6 Å². The summed E-state index contributed by atoms with van der Waals surface area (Å²) >= 11 is 4.62. The molecular formula is C16H14F3N3O2S. The average molecular weight is 369 g/mol. The number of halogens is 3. The van der Waals surface area contributed by atoms with Gasteiger partial charge in [0, 0.05) is 0 Å². The van der Waals surface area contributed by atoms with Crippen molar-refractivity contribution in [2.75, 3.05) is 0 Å². The fourth-order valence-corrected chi connectivity index (χ4v) is 1.83. The molecule has 0 saturated carbocycles. The molecule has 25 heavy (non-hydrogen) atoms. The second-order valence-electron chi connectivity index (χ2n) is 4.78. The molecule has 0 heterocycles. The standard InChI is InChI=1S/C16H14F3N3O2S/c17-16(18,19)24-14-7-5-13(6-8-14)23-10-12-3-1-11(2-4-12)9-21-22-15(20)25/h1-9H,10H2,(H3,20,22,25). The van der Waals surface area contributed by atoms with Crippen molar-refractivity contribution in [3.63, 3.8) is 0 Å². The van der Waals surface area contributed by atoms with Crippen LogP contribution in [0.5, 0.6) is 11.5 Å². The molecule has 0 spiro atoms. The molecule has 0 atom stereocenters. The number of alkyl halides is 3. The lowest BCUT2D eigenvalue weighted by molar-refractivity contribution is -0.274. The van der Waals surface area contributed by atoms with Gasteiger partial charge in [0.15, 0.2) is 5.11 Å². The molecule has 0 bridgehead atoms. The lowest BCUT2D eigenvalue weighted by atomic mass is 10.1. The Bertz CT molecular complexity index is 732. The van der Waals surface area contributed by atoms with E-state index in [4.69, 9.17) is 10.5 Å². The summed E-state index contributed by atoms with van der Waals surface area (Å²) in [5.74, 6) is 0.134. The molecule has 0 aliphatic carbocycles. The topological polar surface area (TPSA) is 68.9 Å². The highest BCUT2D eigenvalue weighted by Crippen LogP contribution is 2.25. The van der Waals surface area contributed by atoms with Crippen molar-refractivity contribution in [3.05, 3.63) is 59.7 Å². The van der Waals surface area contributed by atoms with E-state index in [1.54, 1.807) is 6.21 Å². The van der Waals surface area contributed by atoms with Gasteiger partial charge in [-0.15, -0.1) is 13.2 Å². The molecule has 3 N–H and O–H groups in total. The molecule has 0 aromatic heterocycles. The first-order valence-corrected chi connectivity index (χ1v) is 7.39. The van der Waals surface area contributed by atoms with Gasteiger partial charge in [0.1, 0.15) is 18.1 Å². The largest absolute Gasteiger partial charge is 0.573 e. The van der Waals surface area contributed by atoms with E-state index in [1.165, 1.54) is 24.3 Å². The average Bonchev–Trinajstić information content (AvgIpc) is 2.54. The Balaban J connectivity index is 1.86. The Hall–Kier alpha value is -2.81. The first-order chi connectivity index (χ1) is 11.8. The second kappa shape index (κ2) is 8.34. The Morgan fingerprint density at radius 2 is 1.68 bits per heavy atom. The Morgan fingerprint density at radius 1 is 1.08 bits per heavy atom. The molecule has 0 radical (unpaired) electrons. The number of benzene rings is 2. The van der Waals surface area contributed by atoms with E-state index in [1.807, 2.05) is 24.3 Å². The van der Waals surface area contributed by atoms with E-state index < -0.39 is 6.36 Å². The van der Waals surface area contributed by atoms with Crippen LogP contribution in [0.1, 0.15) is 11.1 Å². The normalized spacial score (nSPS) is 11.3. The highest BCUT2D eigenvalue weighted by molar-refractivity contribution is 7.80. The summed E-state index contributed by atoms with van der Waals surface area (Å²) in [6.07, 6.45) is -3.15. The molecule has 132 valence electrons. The molecule has 0 fully saturated rings. The second-order valence-corrected chi connectivity index (χ2v) is 5.22. The summed E-state index contributed by atoms with van der Waals surface area (Å²) in [5, 5.41) is 3.91. The molecule has 2 aromatic rings. The highest BCUT2D eigenvalue weighted by Gasteiger charge is 2.30. The van der Waals surface area contributed by atoms with Crippen LogP contribution in [0.4, 0.5) is 13.2 Å². The summed E-state index contributed by atoms with van der Waals surface area (Å²) < 4.78 is 45.5. The SMILES string of the molecule is NC(=S)NN=Cc1ccc(COc2ccc(OC(F)(F)F)cc2)cc1. The quantitative estimate of drug-likeness (QED) is 0.464. The van der Waals surface area contributed by atoms with E-state index >= 15 is 0 Å². The summed E-state index contributed by atoms with van der Waals surface area (Å²) in [7, 11) is 0. The van der Waals surface area contributed by atoms with Gasteiger partial charge in [-0.25, -0.2) is 0 Å². The maximum absolute atomic E-state index is 12.1. The predicted molar refractivity (Wildman–Crippen MR) is 91.4 cm³/mol. The van der Waals surface area contributed by atoms with Gasteiger partial charge in [-0.2, -0.15) is 5.10 Å². The summed E-state index contributed by atoms with van der Waals surface area (Å²) in [6, 6.07) is 12.5. The van der Waals surface area contributed by atoms with E-state index in [-0.39, 0.29) is 17.5 Å². The zero-order valence-electron chi connectivity index (χ0n) is 12.8. The zero-order valence-corrected chi connectivity index (χ0v) is 13.6. The van der Waals surface area contributed by atoms with E-state index in [2.05, 4.69) is 27.5 Å². The number of rotatable bonds is 6. The number of hydrazone groups is 1. The number of thiocarbonyl (C=S) groups is 1. The lowest BCUT2D eigenvalue weighted by Crippen LogP contribution is -2.23. The van der Waals surface area contributed by atoms with E-state index in [0.29, 0.717) is 5.75 Å². The van der Waals surface area contributed by atoms with Gasteiger partial charge in [0.25, 0.3) is 0 Å². The number of ether oxygens (including phenoxy) is 2. The van der Waals surface area contributed by atoms with E-state index in [0.717, 1.165) is 11.1 Å². The third kappa shape index (κ3) is 7.08. The molecule has 2 rings (SSSR count). The van der Waals surface area contributed by atoms with Crippen LogP contribution in [0.25, 0.3) is 0 Å². The Kier molecular flexibility index (Phi) is 6.18. The third-order valence-electron chi connectivity index (χ3n) is 2.83. The Morgan fingerprint density at radius 3 is 2.24 bits per heavy atom. The van der Waals surface area contributed by atoms with Crippen LogP contribution in [-0.4, -0.2) is 17.7 Å². The minimum atomic E-state index is -4.71. The van der Waals surface area contributed by atoms with Gasteiger partial charge in [0.2, 0.25) is 0 Å². The monoisotopic (exact) mass is 369 g/mol. The fraction of sp³-hybridized carbons (Fsp3) is 0.125. The first-order valence-electron chi connectivity index (χ1n) is 6.98. The first kappa shape index (κ1) is 18.5. The van der Waals surface area contributed by atoms with Gasteiger partial charge < -0.3 is 15.2 Å². The van der Waals surface area contributed by atoms with Crippen molar-refractivity contribution < 1.29 is 22.6 Å². The van der Waals surface area contributed by atoms with Crippen LogP contribution < -0.4 is 20.6 Å². The van der Waals surface area contributed by atoms with Crippen LogP contribution >= 0.6 is 12.2 Å². The summed E-state index contributed by atoms with van der Waals surface area (Å²) in [5.41, 5.74) is 9.41. The van der Waals surface area contributed by atoms with E-state index in [9.17, 15) is 13.2 Å². The van der Waals surface area contributed by atoms with Crippen molar-refractivity contribution in [1.82, 2.24) is 5.43 Å². The third-order valence-corrected chi connectivity index (χ3v) is 2.92. The number of hydrogen-bond donors (Lipinski definition) is 2. The number of hydrogen-bond acceptors (Lipinski definition) is 4. The molecule has 0 aliphatic rings. The maximum Gasteiger partial charge on any atom is 0.573 e. The smallest absolute Gasteiger partial charge is 0.489 e. The van der Waals surface area contributed by atoms with Gasteiger partial charge in [-0.3, -0.25) is 5.43 Å². The number of nitrogens with one attached hydrogen (secondary N) is 1. The molecule has 0 amide bonds. The van der Waals surface area contributed by atoms with Gasteiger partial charge in [-0.05, 0) is 47.6 Å². The van der Waals surface area contributed by atoms with Crippen LogP contribution in [0.2, 0.25) is 0 Å². The summed E-state index contributed by atoms with van der Waals surface area (Å²) in [4.78, 5) is 0. The highest BCUT2D eigenvalue weighted by atomic mass is 32.1. The minimum Gasteiger partial charge on any atom is -0.489 e. The van der Waals surface area contributed by atoms with Crippen molar-refractivity contribution in [2.24, 2.45) is 10.8 Å². The Labute approximate surface area is 147 Å². The van der Waals surface area contributed by atoms with Crippen molar-refractivity contribution in [3.8, 4) is 11.5 Å². The maximum atomic E-state index is 12.1. The minimum absolute atomic E-state index is 0.0768. The lowest BCUT2D eigenvalue weighted by Gasteiger charge is -2.10. The summed E-state index contributed by atoms with van der Waals surface area (Å²) in [6.45, 7) is 0.266. The van der Waals surface area contributed by atoms with Gasteiger partial charge >= 0.3 is 6.36 Å². The predicted octanol–water partition coefficient (Wildman–Crippen LogP) is 3.33. The zero-order chi connectivity index (χ0) is 18.3. The molecular weight excluding hydrogens is 355 g/mol. The molecule has 0 aliphatic heterocycles. The number of nitrogens with zero attached hydrogens (tertiary/aromatic N) is 1. The van der Waals surface area contributed by atoms with Crippen molar-refractivity contribution in [1.29, 1.82) is 0 Å². The van der Waals surface area contributed by atoms with Crippen LogP contribution in [0, 0.1) is 0 Å². The van der Waals surface area contributed by atoms with Crippen LogP contribution in [0.3, 0.4) is 0 Å². The fourth-order valence-electron chi connectivity index (χ4n) is 1.77. The van der Waals surface area contributed by atoms with Crippen molar-refractivity contribution in [2.45, 2.75) is 13.0 Å². The van der Waals surface area contributed by atoms with Crippen molar-refractivity contribution >= 4 is 23.5 Å². The molecule has 0 unspecified atom stereocenters. The molecule has 5 nitrogen and oxygen atoms in total. The molecule has 9 heteroatoms. The van der Waals surface area contributed by atoms with Gasteiger partial charge in [-0.1, -0.05) is 24.3 Å². The molecule has 2 aromatic carbocycles. The molecule has 0 saturated heterocycles. The van der Waals surface area contributed by atoms with Gasteiger partial charge in [0.05, 0.1) is 6.21 Å². The van der Waals surface area contributed by atoms with Crippen LogP contribution in [-0.2, 0) is 6.61 Å². The number of nitrogens with two attached hydrogens (primary N) is 1.